The van der Waals surface area contributed by atoms with Crippen molar-refractivity contribution in [2.45, 2.75) is 40.0 Å². The first-order valence-corrected chi connectivity index (χ1v) is 9.36. The molecule has 6 nitrogen and oxygen atoms in total. The number of halogens is 3. The Bertz CT molecular complexity index is 941. The molecule has 2 atom stereocenters. The predicted octanol–water partition coefficient (Wildman–Crippen LogP) is 4.66. The van der Waals surface area contributed by atoms with Crippen LogP contribution in [0.3, 0.4) is 0 Å². The molecule has 0 unspecified atom stereocenters. The number of nitrogens with one attached hydrogen (secondary N) is 1. The number of anilines is 1. The first-order chi connectivity index (χ1) is 12.8. The molecule has 28 heavy (non-hydrogen) atoms. The fourth-order valence-corrected chi connectivity index (χ4v) is 4.59. The lowest BCUT2D eigenvalue weighted by atomic mass is 9.65. The van der Waals surface area contributed by atoms with Crippen LogP contribution in [0.1, 0.15) is 33.6 Å². The molecule has 10 heteroatoms. The number of rotatable bonds is 4. The number of nitrogens with zero attached hydrogens (tertiary/aromatic N) is 1. The van der Waals surface area contributed by atoms with E-state index in [-0.39, 0.29) is 16.8 Å². The monoisotopic (exact) mass is 416 g/mol. The van der Waals surface area contributed by atoms with Gasteiger partial charge in [0.2, 0.25) is 5.91 Å². The lowest BCUT2D eigenvalue weighted by molar-refractivity contribution is -0.274. The summed E-state index contributed by atoms with van der Waals surface area (Å²) in [6.45, 7) is 5.16. The number of hydrogen-bond donors (Lipinski definition) is 2. The third kappa shape index (κ3) is 3.52. The van der Waals surface area contributed by atoms with Crippen molar-refractivity contribution < 1.29 is 32.6 Å². The Balaban J connectivity index is 1.79. The van der Waals surface area contributed by atoms with Gasteiger partial charge < -0.3 is 15.2 Å². The first-order valence-electron chi connectivity index (χ1n) is 8.54. The quantitative estimate of drug-likeness (QED) is 0.757. The smallest absolute Gasteiger partial charge is 0.481 e. The molecule has 1 aromatic carbocycles. The number of aromatic nitrogens is 1. The van der Waals surface area contributed by atoms with Gasteiger partial charge in [0.1, 0.15) is 5.75 Å². The Morgan fingerprint density at radius 1 is 1.32 bits per heavy atom. The molecule has 2 aromatic rings. The Hall–Kier alpha value is -2.36. The van der Waals surface area contributed by atoms with Crippen LogP contribution >= 0.6 is 11.3 Å². The van der Waals surface area contributed by atoms with Gasteiger partial charge in [-0.3, -0.25) is 9.59 Å². The van der Waals surface area contributed by atoms with Crippen molar-refractivity contribution in [3.05, 3.63) is 18.2 Å². The van der Waals surface area contributed by atoms with E-state index in [9.17, 15) is 27.9 Å². The second-order valence-corrected chi connectivity index (χ2v) is 8.67. The maximum Gasteiger partial charge on any atom is 0.573 e. The molecule has 0 bridgehead atoms. The zero-order valence-corrected chi connectivity index (χ0v) is 16.2. The van der Waals surface area contributed by atoms with Gasteiger partial charge in [0.25, 0.3) is 0 Å². The van der Waals surface area contributed by atoms with Gasteiger partial charge in [0.15, 0.2) is 5.13 Å². The normalized spacial score (nSPS) is 24.3. The van der Waals surface area contributed by atoms with Crippen LogP contribution in [-0.4, -0.2) is 28.3 Å². The van der Waals surface area contributed by atoms with Crippen LogP contribution in [0.25, 0.3) is 10.2 Å². The molecule has 0 radical (unpaired) electrons. The van der Waals surface area contributed by atoms with Crippen LogP contribution < -0.4 is 10.1 Å². The van der Waals surface area contributed by atoms with Crippen molar-refractivity contribution in [2.75, 3.05) is 5.32 Å². The van der Waals surface area contributed by atoms with Crippen molar-refractivity contribution in [3.63, 3.8) is 0 Å². The van der Waals surface area contributed by atoms with Gasteiger partial charge >= 0.3 is 12.3 Å². The molecule has 3 rings (SSSR count). The average molecular weight is 416 g/mol. The molecule has 0 spiro atoms. The molecule has 152 valence electrons. The summed E-state index contributed by atoms with van der Waals surface area (Å²) in [5.41, 5.74) is -1.37. The minimum Gasteiger partial charge on any atom is -0.481 e. The zero-order chi connectivity index (χ0) is 20.9. The highest BCUT2D eigenvalue weighted by Gasteiger charge is 2.58. The van der Waals surface area contributed by atoms with Crippen molar-refractivity contribution in [3.8, 4) is 5.75 Å². The number of carbonyl (C=O) groups is 2. The van der Waals surface area contributed by atoms with E-state index in [1.54, 1.807) is 20.8 Å². The van der Waals surface area contributed by atoms with Gasteiger partial charge in [0.05, 0.1) is 15.6 Å². The Morgan fingerprint density at radius 2 is 2.00 bits per heavy atom. The maximum absolute atomic E-state index is 12.8. The number of thiazole rings is 1. The molecular formula is C18H19F3N2O4S. The van der Waals surface area contributed by atoms with Crippen LogP contribution in [0.5, 0.6) is 5.75 Å². The topological polar surface area (TPSA) is 88.5 Å². The molecule has 1 aliphatic carbocycles. The number of ether oxygens (including phenoxy) is 1. The number of carbonyl (C=O) groups excluding carboxylic acids is 1. The van der Waals surface area contributed by atoms with Crippen LogP contribution in [0, 0.1) is 16.7 Å². The fraction of sp³-hybridized carbons (Fsp3) is 0.500. The van der Waals surface area contributed by atoms with E-state index in [0.717, 1.165) is 17.4 Å². The third-order valence-corrected chi connectivity index (χ3v) is 6.77. The minimum absolute atomic E-state index is 0.240. The highest BCUT2D eigenvalue weighted by molar-refractivity contribution is 7.22. The van der Waals surface area contributed by atoms with Gasteiger partial charge in [-0.15, -0.1) is 13.2 Å². The first kappa shape index (κ1) is 20.4. The summed E-state index contributed by atoms with van der Waals surface area (Å²) in [5, 5.41) is 12.5. The average Bonchev–Trinajstić information content (AvgIpc) is 3.04. The van der Waals surface area contributed by atoms with Gasteiger partial charge in [-0.25, -0.2) is 4.98 Å². The molecule has 0 saturated heterocycles. The molecule has 1 fully saturated rings. The Labute approximate surface area is 162 Å². The number of alkyl halides is 3. The van der Waals surface area contributed by atoms with E-state index in [2.05, 4.69) is 15.0 Å². The molecule has 2 N–H and O–H groups in total. The molecule has 1 saturated carbocycles. The lowest BCUT2D eigenvalue weighted by Crippen LogP contribution is -2.43. The number of benzene rings is 1. The van der Waals surface area contributed by atoms with E-state index in [1.165, 1.54) is 12.1 Å². The van der Waals surface area contributed by atoms with Gasteiger partial charge in [0, 0.05) is 12.0 Å². The van der Waals surface area contributed by atoms with Gasteiger partial charge in [-0.1, -0.05) is 25.2 Å². The molecular weight excluding hydrogens is 397 g/mol. The SMILES string of the molecule is CC1(C)[C@H](C(=O)Nc2nc3ccc(OC(F)(F)F)cc3s2)CC[C@@]1(C)C(=O)O. The number of carboxylic acid groups (broad SMARTS) is 1. The molecule has 0 aliphatic heterocycles. The van der Waals surface area contributed by atoms with E-state index in [0.29, 0.717) is 23.1 Å². The second-order valence-electron chi connectivity index (χ2n) is 7.64. The highest BCUT2D eigenvalue weighted by Crippen LogP contribution is 2.56. The maximum atomic E-state index is 12.8. The van der Waals surface area contributed by atoms with Crippen LogP contribution in [0.2, 0.25) is 0 Å². The summed E-state index contributed by atoms with van der Waals surface area (Å²) in [6, 6.07) is 3.74. The standard InChI is InChI=1S/C18H19F3N2O4S/c1-16(2)10(6-7-17(16,3)14(25)26)13(24)23-15-22-11-5-4-9(8-12(11)28-15)27-18(19,20)21/h4-5,8,10H,6-7H2,1-3H3,(H,25,26)(H,22,23,24)/t10-,17-/m0/s1. The summed E-state index contributed by atoms with van der Waals surface area (Å²) >= 11 is 1.02. The van der Waals surface area contributed by atoms with E-state index >= 15 is 0 Å². The largest absolute Gasteiger partial charge is 0.573 e. The van der Waals surface area contributed by atoms with E-state index < -0.39 is 29.1 Å². The predicted molar refractivity (Wildman–Crippen MR) is 97.2 cm³/mol. The van der Waals surface area contributed by atoms with Crippen molar-refractivity contribution in [1.82, 2.24) is 4.98 Å². The second kappa shape index (κ2) is 6.61. The van der Waals surface area contributed by atoms with E-state index in [4.69, 9.17) is 0 Å². The van der Waals surface area contributed by atoms with Crippen LogP contribution in [0.4, 0.5) is 18.3 Å². The molecule has 1 amide bonds. The summed E-state index contributed by atoms with van der Waals surface area (Å²) in [5.74, 6) is -2.17. The van der Waals surface area contributed by atoms with Crippen LogP contribution in [0.15, 0.2) is 18.2 Å². The third-order valence-electron chi connectivity index (χ3n) is 5.84. The highest BCUT2D eigenvalue weighted by atomic mass is 32.1. The summed E-state index contributed by atoms with van der Waals surface area (Å²) in [6.07, 6.45) is -3.98. The van der Waals surface area contributed by atoms with Gasteiger partial charge in [-0.2, -0.15) is 0 Å². The minimum atomic E-state index is -4.79. The van der Waals surface area contributed by atoms with Crippen molar-refractivity contribution in [1.29, 1.82) is 0 Å². The lowest BCUT2D eigenvalue weighted by Gasteiger charge is -2.37. The molecule has 1 heterocycles. The summed E-state index contributed by atoms with van der Waals surface area (Å²) < 4.78 is 41.4. The zero-order valence-electron chi connectivity index (χ0n) is 15.4. The van der Waals surface area contributed by atoms with E-state index in [1.807, 2.05) is 0 Å². The van der Waals surface area contributed by atoms with Crippen molar-refractivity contribution in [2.24, 2.45) is 16.7 Å². The Morgan fingerprint density at radius 3 is 2.57 bits per heavy atom. The molecule has 1 aliphatic rings. The fourth-order valence-electron chi connectivity index (χ4n) is 3.69. The Kier molecular flexibility index (Phi) is 4.81. The number of carboxylic acids is 1. The van der Waals surface area contributed by atoms with Crippen LogP contribution in [-0.2, 0) is 9.59 Å². The molecule has 1 aromatic heterocycles. The number of fused-ring (bicyclic) bond motifs is 1. The number of amides is 1. The summed E-state index contributed by atoms with van der Waals surface area (Å²) in [4.78, 5) is 28.7. The van der Waals surface area contributed by atoms with Crippen molar-refractivity contribution >= 4 is 38.6 Å². The number of aliphatic carboxylic acids is 1. The summed E-state index contributed by atoms with van der Waals surface area (Å²) in [7, 11) is 0. The number of hydrogen-bond acceptors (Lipinski definition) is 5. The van der Waals surface area contributed by atoms with Gasteiger partial charge in [-0.05, 0) is 37.3 Å².